The molecular weight excluding hydrogens is 252 g/mol. The minimum absolute atomic E-state index is 0.0415. The van der Waals surface area contributed by atoms with Gasteiger partial charge in [-0.25, -0.2) is 0 Å². The van der Waals surface area contributed by atoms with Crippen molar-refractivity contribution >= 4 is 11.6 Å². The maximum Gasteiger partial charge on any atom is 0.238 e. The topological polar surface area (TPSA) is 54.3 Å². The van der Waals surface area contributed by atoms with Gasteiger partial charge in [-0.3, -0.25) is 4.79 Å². The van der Waals surface area contributed by atoms with Crippen LogP contribution in [0.5, 0.6) is 0 Å². The van der Waals surface area contributed by atoms with Crippen molar-refractivity contribution in [1.82, 2.24) is 5.32 Å². The number of aryl methyl sites for hydroxylation is 1. The number of hydrogen-bond donors (Lipinski definition) is 2. The SMILES string of the molecule is Cc1ccc(NC(=O)CNC(C)Cc2ccco2)cc1. The first-order valence-electron chi connectivity index (χ1n) is 6.76. The highest BCUT2D eigenvalue weighted by Gasteiger charge is 2.08. The molecule has 1 amide bonds. The number of anilines is 1. The van der Waals surface area contributed by atoms with Crippen molar-refractivity contribution in [3.63, 3.8) is 0 Å². The largest absolute Gasteiger partial charge is 0.469 e. The monoisotopic (exact) mass is 272 g/mol. The molecule has 0 fully saturated rings. The summed E-state index contributed by atoms with van der Waals surface area (Å²) in [6, 6.07) is 11.7. The first-order valence-corrected chi connectivity index (χ1v) is 6.76. The minimum atomic E-state index is -0.0415. The Hall–Kier alpha value is -2.07. The lowest BCUT2D eigenvalue weighted by Gasteiger charge is -2.12. The molecule has 0 saturated carbocycles. The van der Waals surface area contributed by atoms with E-state index in [9.17, 15) is 4.79 Å². The van der Waals surface area contributed by atoms with Gasteiger partial charge in [-0.1, -0.05) is 17.7 Å². The predicted octanol–water partition coefficient (Wildman–Crippen LogP) is 2.75. The van der Waals surface area contributed by atoms with Gasteiger partial charge in [0, 0.05) is 18.2 Å². The first kappa shape index (κ1) is 14.3. The summed E-state index contributed by atoms with van der Waals surface area (Å²) < 4.78 is 5.28. The van der Waals surface area contributed by atoms with Crippen LogP contribution in [0.15, 0.2) is 47.1 Å². The Kier molecular flexibility index (Phi) is 4.96. The number of nitrogens with one attached hydrogen (secondary N) is 2. The van der Waals surface area contributed by atoms with Crippen molar-refractivity contribution in [2.24, 2.45) is 0 Å². The lowest BCUT2D eigenvalue weighted by atomic mass is 10.2. The molecule has 0 bridgehead atoms. The lowest BCUT2D eigenvalue weighted by Crippen LogP contribution is -2.35. The van der Waals surface area contributed by atoms with Gasteiger partial charge >= 0.3 is 0 Å². The summed E-state index contributed by atoms with van der Waals surface area (Å²) in [5.74, 6) is 0.879. The number of benzene rings is 1. The summed E-state index contributed by atoms with van der Waals surface area (Å²) in [6.45, 7) is 4.33. The zero-order valence-corrected chi connectivity index (χ0v) is 11.8. The van der Waals surface area contributed by atoms with Crippen LogP contribution in [0.1, 0.15) is 18.2 Å². The number of furan rings is 1. The van der Waals surface area contributed by atoms with Crippen molar-refractivity contribution in [2.75, 3.05) is 11.9 Å². The molecule has 0 radical (unpaired) electrons. The summed E-state index contributed by atoms with van der Waals surface area (Å²) >= 11 is 0. The molecule has 20 heavy (non-hydrogen) atoms. The molecule has 1 heterocycles. The van der Waals surface area contributed by atoms with Gasteiger partial charge in [-0.15, -0.1) is 0 Å². The molecule has 0 spiro atoms. The zero-order valence-electron chi connectivity index (χ0n) is 11.8. The van der Waals surface area contributed by atoms with Crippen LogP contribution in [0.4, 0.5) is 5.69 Å². The Bertz CT molecular complexity index is 532. The fourth-order valence-electron chi connectivity index (χ4n) is 1.91. The van der Waals surface area contributed by atoms with Crippen LogP contribution in [0.3, 0.4) is 0 Å². The second-order valence-electron chi connectivity index (χ2n) is 4.98. The summed E-state index contributed by atoms with van der Waals surface area (Å²) in [6.07, 6.45) is 2.43. The third-order valence-electron chi connectivity index (χ3n) is 3.03. The van der Waals surface area contributed by atoms with E-state index in [0.29, 0.717) is 0 Å². The van der Waals surface area contributed by atoms with Gasteiger partial charge < -0.3 is 15.1 Å². The van der Waals surface area contributed by atoms with Gasteiger partial charge in [0.25, 0.3) is 0 Å². The molecule has 4 nitrogen and oxygen atoms in total. The molecule has 0 aliphatic heterocycles. The van der Waals surface area contributed by atoms with E-state index < -0.39 is 0 Å². The standard InChI is InChI=1S/C16H20N2O2/c1-12-5-7-14(8-6-12)18-16(19)11-17-13(2)10-15-4-3-9-20-15/h3-9,13,17H,10-11H2,1-2H3,(H,18,19). The Morgan fingerprint density at radius 2 is 2.00 bits per heavy atom. The molecule has 1 aromatic carbocycles. The first-order chi connectivity index (χ1) is 9.63. The van der Waals surface area contributed by atoms with Gasteiger partial charge in [-0.2, -0.15) is 0 Å². The van der Waals surface area contributed by atoms with E-state index in [0.717, 1.165) is 17.9 Å². The van der Waals surface area contributed by atoms with Crippen LogP contribution in [0.2, 0.25) is 0 Å². The van der Waals surface area contributed by atoms with Gasteiger partial charge in [0.15, 0.2) is 0 Å². The van der Waals surface area contributed by atoms with E-state index in [1.165, 1.54) is 5.56 Å². The Morgan fingerprint density at radius 3 is 2.65 bits per heavy atom. The van der Waals surface area contributed by atoms with Crippen molar-refractivity contribution in [3.05, 3.63) is 54.0 Å². The van der Waals surface area contributed by atoms with Crippen molar-refractivity contribution in [1.29, 1.82) is 0 Å². The van der Waals surface area contributed by atoms with Crippen LogP contribution in [0.25, 0.3) is 0 Å². The van der Waals surface area contributed by atoms with E-state index >= 15 is 0 Å². The maximum absolute atomic E-state index is 11.8. The molecule has 0 aliphatic carbocycles. The lowest BCUT2D eigenvalue weighted by molar-refractivity contribution is -0.115. The number of amides is 1. The Labute approximate surface area is 119 Å². The van der Waals surface area contributed by atoms with Crippen LogP contribution >= 0.6 is 0 Å². The summed E-state index contributed by atoms with van der Waals surface area (Å²) in [5.41, 5.74) is 1.99. The van der Waals surface area contributed by atoms with Crippen molar-refractivity contribution in [2.45, 2.75) is 26.3 Å². The summed E-state index contributed by atoms with van der Waals surface area (Å²) in [4.78, 5) is 11.8. The number of carbonyl (C=O) groups is 1. The molecular formula is C16H20N2O2. The normalized spacial score (nSPS) is 12.1. The Morgan fingerprint density at radius 1 is 1.25 bits per heavy atom. The average molecular weight is 272 g/mol. The van der Waals surface area contributed by atoms with E-state index in [1.54, 1.807) is 6.26 Å². The molecule has 1 aromatic heterocycles. The highest BCUT2D eigenvalue weighted by Crippen LogP contribution is 2.08. The zero-order chi connectivity index (χ0) is 14.4. The number of hydrogen-bond acceptors (Lipinski definition) is 3. The predicted molar refractivity (Wildman–Crippen MR) is 79.7 cm³/mol. The maximum atomic E-state index is 11.8. The smallest absolute Gasteiger partial charge is 0.238 e. The summed E-state index contributed by atoms with van der Waals surface area (Å²) in [7, 11) is 0. The fraction of sp³-hybridized carbons (Fsp3) is 0.312. The second-order valence-corrected chi connectivity index (χ2v) is 4.98. The van der Waals surface area contributed by atoms with Gasteiger partial charge in [0.1, 0.15) is 5.76 Å². The third-order valence-corrected chi connectivity index (χ3v) is 3.03. The molecule has 2 rings (SSSR count). The van der Waals surface area contributed by atoms with Gasteiger partial charge in [-0.05, 0) is 38.1 Å². The van der Waals surface area contributed by atoms with Crippen LogP contribution in [-0.2, 0) is 11.2 Å². The quantitative estimate of drug-likeness (QED) is 0.850. The van der Waals surface area contributed by atoms with Gasteiger partial charge in [0.05, 0.1) is 12.8 Å². The molecule has 2 aromatic rings. The van der Waals surface area contributed by atoms with Crippen LogP contribution < -0.4 is 10.6 Å². The minimum Gasteiger partial charge on any atom is -0.469 e. The van der Waals surface area contributed by atoms with Crippen LogP contribution in [-0.4, -0.2) is 18.5 Å². The van der Waals surface area contributed by atoms with E-state index in [2.05, 4.69) is 10.6 Å². The molecule has 4 heteroatoms. The average Bonchev–Trinajstić information content (AvgIpc) is 2.92. The molecule has 1 unspecified atom stereocenters. The van der Waals surface area contributed by atoms with Crippen LogP contribution in [0, 0.1) is 6.92 Å². The highest BCUT2D eigenvalue weighted by molar-refractivity contribution is 5.92. The van der Waals surface area contributed by atoms with E-state index in [1.807, 2.05) is 50.2 Å². The molecule has 2 N–H and O–H groups in total. The van der Waals surface area contributed by atoms with E-state index in [-0.39, 0.29) is 18.5 Å². The Balaban J connectivity index is 1.73. The molecule has 106 valence electrons. The molecule has 1 atom stereocenters. The van der Waals surface area contributed by atoms with Crippen molar-refractivity contribution in [3.8, 4) is 0 Å². The van der Waals surface area contributed by atoms with Crippen molar-refractivity contribution < 1.29 is 9.21 Å². The third kappa shape index (κ3) is 4.55. The van der Waals surface area contributed by atoms with E-state index in [4.69, 9.17) is 4.42 Å². The summed E-state index contributed by atoms with van der Waals surface area (Å²) in [5, 5.41) is 6.04. The fourth-order valence-corrected chi connectivity index (χ4v) is 1.91. The number of rotatable bonds is 6. The molecule has 0 saturated heterocycles. The molecule has 0 aliphatic rings. The number of carbonyl (C=O) groups excluding carboxylic acids is 1. The van der Waals surface area contributed by atoms with Gasteiger partial charge in [0.2, 0.25) is 5.91 Å². The highest BCUT2D eigenvalue weighted by atomic mass is 16.3. The second kappa shape index (κ2) is 6.91.